The number of thiazole rings is 1. The minimum atomic E-state index is -0.636. The van der Waals surface area contributed by atoms with Crippen molar-refractivity contribution in [1.82, 2.24) is 4.98 Å². The first-order valence-corrected chi connectivity index (χ1v) is 11.3. The molecule has 0 unspecified atom stereocenters. The van der Waals surface area contributed by atoms with E-state index in [1.54, 1.807) is 36.6 Å². The zero-order chi connectivity index (χ0) is 25.4. The number of aromatic nitrogens is 1. The number of methoxy groups -OCH3 is 1. The van der Waals surface area contributed by atoms with Gasteiger partial charge in [-0.3, -0.25) is 15.5 Å². The Bertz CT molecular complexity index is 1800. The highest BCUT2D eigenvalue weighted by Gasteiger charge is 2.15. The number of fused-ring (bicyclic) bond motifs is 2. The molecule has 5 rings (SSSR count). The SMILES string of the molecule is COc1cccc2cc(-c3csc(N/N=C(\C)c4cc5cc([N+](=O)[O-])ccc5oc4=O)n3)c(=O)oc12. The van der Waals surface area contributed by atoms with Crippen molar-refractivity contribution in [3.8, 4) is 17.0 Å². The van der Waals surface area contributed by atoms with Gasteiger partial charge in [0.15, 0.2) is 11.3 Å². The highest BCUT2D eigenvalue weighted by molar-refractivity contribution is 7.14. The van der Waals surface area contributed by atoms with E-state index in [1.165, 1.54) is 42.7 Å². The largest absolute Gasteiger partial charge is 0.493 e. The van der Waals surface area contributed by atoms with E-state index in [0.717, 1.165) is 0 Å². The number of para-hydroxylation sites is 1. The summed E-state index contributed by atoms with van der Waals surface area (Å²) in [7, 11) is 1.50. The summed E-state index contributed by atoms with van der Waals surface area (Å²) in [6, 6.07) is 12.4. The number of hydrogen-bond donors (Lipinski definition) is 1. The molecule has 180 valence electrons. The Hall–Kier alpha value is -4.84. The topological polar surface area (TPSA) is 150 Å². The Morgan fingerprint density at radius 1 is 1.11 bits per heavy atom. The molecular formula is C24H16N4O7S. The number of rotatable bonds is 6. The maximum atomic E-state index is 12.6. The van der Waals surface area contributed by atoms with Crippen LogP contribution in [0.25, 0.3) is 33.2 Å². The molecule has 5 aromatic rings. The van der Waals surface area contributed by atoms with E-state index in [0.29, 0.717) is 32.9 Å². The smallest absolute Gasteiger partial charge is 0.345 e. The van der Waals surface area contributed by atoms with E-state index in [9.17, 15) is 19.7 Å². The third-order valence-corrected chi connectivity index (χ3v) is 6.11. The number of nitro benzene ring substituents is 1. The number of nitrogens with zero attached hydrogens (tertiary/aromatic N) is 3. The van der Waals surface area contributed by atoms with Crippen molar-refractivity contribution in [3.63, 3.8) is 0 Å². The standard InChI is InChI=1S/C24H16N4O7S/c1-12(16-10-14-8-15(28(31)32)6-7-19(14)34-22(16)29)26-27-24-25-18(11-36-24)17-9-13-4-3-5-20(33-2)21(13)35-23(17)30/h3-11H,1-2H3,(H,25,27)/b26-12+. The van der Waals surface area contributed by atoms with Crippen LogP contribution < -0.4 is 21.4 Å². The molecule has 0 spiro atoms. The van der Waals surface area contributed by atoms with Gasteiger partial charge < -0.3 is 13.6 Å². The van der Waals surface area contributed by atoms with Crippen LogP contribution in [0.1, 0.15) is 12.5 Å². The number of hydrazone groups is 1. The molecule has 36 heavy (non-hydrogen) atoms. The Kier molecular flexibility index (Phi) is 5.78. The zero-order valence-corrected chi connectivity index (χ0v) is 19.6. The first-order valence-electron chi connectivity index (χ1n) is 10.4. The second-order valence-electron chi connectivity index (χ2n) is 7.60. The molecule has 11 nitrogen and oxygen atoms in total. The van der Waals surface area contributed by atoms with E-state index in [4.69, 9.17) is 13.6 Å². The molecule has 0 saturated carbocycles. The minimum absolute atomic E-state index is 0.123. The van der Waals surface area contributed by atoms with Crippen LogP contribution in [0.15, 0.2) is 77.4 Å². The van der Waals surface area contributed by atoms with Gasteiger partial charge in [0.05, 0.1) is 34.6 Å². The van der Waals surface area contributed by atoms with E-state index in [-0.39, 0.29) is 28.1 Å². The van der Waals surface area contributed by atoms with Crippen molar-refractivity contribution in [3.05, 3.63) is 90.4 Å². The summed E-state index contributed by atoms with van der Waals surface area (Å²) in [6.07, 6.45) is 0. The van der Waals surface area contributed by atoms with Crippen LogP contribution in [0.2, 0.25) is 0 Å². The Morgan fingerprint density at radius 3 is 2.72 bits per heavy atom. The first kappa shape index (κ1) is 22.9. The fourth-order valence-corrected chi connectivity index (χ4v) is 4.23. The van der Waals surface area contributed by atoms with Crippen LogP contribution in [0.5, 0.6) is 5.75 Å². The maximum absolute atomic E-state index is 12.6. The summed E-state index contributed by atoms with van der Waals surface area (Å²) in [5.74, 6) is 0.453. The van der Waals surface area contributed by atoms with Gasteiger partial charge in [0.1, 0.15) is 5.58 Å². The van der Waals surface area contributed by atoms with E-state index in [1.807, 2.05) is 0 Å². The Balaban J connectivity index is 1.43. The van der Waals surface area contributed by atoms with Crippen LogP contribution in [0, 0.1) is 10.1 Å². The van der Waals surface area contributed by atoms with Crippen LogP contribution >= 0.6 is 11.3 Å². The van der Waals surface area contributed by atoms with Gasteiger partial charge in [0.25, 0.3) is 5.69 Å². The summed E-state index contributed by atoms with van der Waals surface area (Å²) in [5.41, 5.74) is 3.11. The third kappa shape index (κ3) is 4.20. The average molecular weight is 504 g/mol. The fraction of sp³-hybridized carbons (Fsp3) is 0.0833. The molecule has 0 fully saturated rings. The van der Waals surface area contributed by atoms with Gasteiger partial charge in [0.2, 0.25) is 5.13 Å². The number of nitro groups is 1. The van der Waals surface area contributed by atoms with Crippen molar-refractivity contribution < 1.29 is 18.5 Å². The molecule has 0 amide bonds. The molecule has 1 N–H and O–H groups in total. The summed E-state index contributed by atoms with van der Waals surface area (Å²) in [6.45, 7) is 1.59. The maximum Gasteiger partial charge on any atom is 0.345 e. The number of ether oxygens (including phenoxy) is 1. The number of anilines is 1. The molecule has 0 aliphatic heterocycles. The second kappa shape index (κ2) is 9.07. The third-order valence-electron chi connectivity index (χ3n) is 5.36. The molecular weight excluding hydrogens is 488 g/mol. The number of benzene rings is 2. The van der Waals surface area contributed by atoms with Gasteiger partial charge in [-0.2, -0.15) is 5.10 Å². The molecule has 0 bridgehead atoms. The van der Waals surface area contributed by atoms with E-state index in [2.05, 4.69) is 15.5 Å². The van der Waals surface area contributed by atoms with Crippen molar-refractivity contribution >= 4 is 49.8 Å². The highest BCUT2D eigenvalue weighted by Crippen LogP contribution is 2.29. The molecule has 2 aromatic carbocycles. The molecule has 0 radical (unpaired) electrons. The van der Waals surface area contributed by atoms with Crippen LogP contribution in [0.4, 0.5) is 10.8 Å². The van der Waals surface area contributed by atoms with Crippen LogP contribution in [-0.4, -0.2) is 22.7 Å². The van der Waals surface area contributed by atoms with Crippen molar-refractivity contribution in [2.45, 2.75) is 6.92 Å². The number of nitrogens with one attached hydrogen (secondary N) is 1. The quantitative estimate of drug-likeness (QED) is 0.149. The van der Waals surface area contributed by atoms with Crippen molar-refractivity contribution in [2.24, 2.45) is 5.10 Å². The van der Waals surface area contributed by atoms with Gasteiger partial charge in [-0.15, -0.1) is 11.3 Å². The second-order valence-corrected chi connectivity index (χ2v) is 8.46. The monoisotopic (exact) mass is 504 g/mol. The minimum Gasteiger partial charge on any atom is -0.493 e. The van der Waals surface area contributed by atoms with Gasteiger partial charge >= 0.3 is 11.3 Å². The van der Waals surface area contributed by atoms with Gasteiger partial charge in [0, 0.05) is 28.3 Å². The van der Waals surface area contributed by atoms with Gasteiger partial charge in [-0.1, -0.05) is 12.1 Å². The van der Waals surface area contributed by atoms with E-state index < -0.39 is 16.2 Å². The predicted octanol–water partition coefficient (Wildman–Crippen LogP) is 4.78. The Labute approximate surface area is 205 Å². The molecule has 0 aliphatic carbocycles. The lowest BCUT2D eigenvalue weighted by Crippen LogP contribution is -2.13. The lowest BCUT2D eigenvalue weighted by Gasteiger charge is -2.04. The molecule has 0 aliphatic rings. The number of hydrogen-bond acceptors (Lipinski definition) is 11. The lowest BCUT2D eigenvalue weighted by atomic mass is 10.1. The van der Waals surface area contributed by atoms with Crippen LogP contribution in [0.3, 0.4) is 0 Å². The molecule has 12 heteroatoms. The predicted molar refractivity (Wildman–Crippen MR) is 135 cm³/mol. The van der Waals surface area contributed by atoms with Gasteiger partial charge in [-0.25, -0.2) is 14.6 Å². The lowest BCUT2D eigenvalue weighted by molar-refractivity contribution is -0.384. The molecule has 0 atom stereocenters. The Morgan fingerprint density at radius 2 is 1.94 bits per heavy atom. The molecule has 0 saturated heterocycles. The summed E-state index contributed by atoms with van der Waals surface area (Å²) in [5, 5.41) is 18.4. The zero-order valence-electron chi connectivity index (χ0n) is 18.8. The van der Waals surface area contributed by atoms with Crippen molar-refractivity contribution in [1.29, 1.82) is 0 Å². The van der Waals surface area contributed by atoms with E-state index >= 15 is 0 Å². The summed E-state index contributed by atoms with van der Waals surface area (Å²) >= 11 is 1.20. The summed E-state index contributed by atoms with van der Waals surface area (Å²) < 4.78 is 16.0. The molecule has 3 aromatic heterocycles. The fourth-order valence-electron chi connectivity index (χ4n) is 3.57. The van der Waals surface area contributed by atoms with Gasteiger partial charge in [-0.05, 0) is 31.2 Å². The first-order chi connectivity index (χ1) is 17.3. The normalized spacial score (nSPS) is 11.7. The van der Waals surface area contributed by atoms with Crippen LogP contribution in [-0.2, 0) is 0 Å². The average Bonchev–Trinajstić information content (AvgIpc) is 3.34. The van der Waals surface area contributed by atoms with Crippen molar-refractivity contribution in [2.75, 3.05) is 12.5 Å². The highest BCUT2D eigenvalue weighted by atomic mass is 32.1. The number of non-ortho nitro benzene ring substituents is 1. The molecule has 3 heterocycles. The summed E-state index contributed by atoms with van der Waals surface area (Å²) in [4.78, 5) is 39.9.